The largest absolute Gasteiger partial charge is 0.505 e. The number of benzene rings is 1. The van der Waals surface area contributed by atoms with Crippen molar-refractivity contribution in [2.75, 3.05) is 6.61 Å². The van der Waals surface area contributed by atoms with Gasteiger partial charge in [0.15, 0.2) is 11.6 Å². The van der Waals surface area contributed by atoms with E-state index in [-0.39, 0.29) is 17.6 Å². The number of phenols is 1. The van der Waals surface area contributed by atoms with Gasteiger partial charge in [-0.3, -0.25) is 4.79 Å². The molecule has 5 heteroatoms. The molecule has 0 spiro atoms. The number of aromatic hydroxyl groups is 1. The van der Waals surface area contributed by atoms with Gasteiger partial charge in [0.05, 0.1) is 12.5 Å². The highest BCUT2D eigenvalue weighted by Crippen LogP contribution is 2.25. The van der Waals surface area contributed by atoms with Gasteiger partial charge < -0.3 is 15.2 Å². The molecular formula is C16H22FNO3. The highest BCUT2D eigenvalue weighted by atomic mass is 19.1. The van der Waals surface area contributed by atoms with E-state index < -0.39 is 5.82 Å². The van der Waals surface area contributed by atoms with Crippen LogP contribution in [0.4, 0.5) is 4.39 Å². The smallest absolute Gasteiger partial charge is 0.308 e. The van der Waals surface area contributed by atoms with Crippen LogP contribution in [0.5, 0.6) is 5.75 Å². The van der Waals surface area contributed by atoms with Gasteiger partial charge in [-0.15, -0.1) is 0 Å². The van der Waals surface area contributed by atoms with Crippen LogP contribution in [0.25, 0.3) is 0 Å². The van der Waals surface area contributed by atoms with E-state index in [2.05, 4.69) is 5.32 Å². The van der Waals surface area contributed by atoms with Crippen LogP contribution in [0, 0.1) is 11.7 Å². The molecule has 2 rings (SSSR count). The molecule has 1 aliphatic carbocycles. The standard InChI is InChI=1S/C16H22FNO3/c1-2-21-16(20)12-4-6-13(7-5-12)18-10-11-3-8-15(19)14(17)9-11/h3,8-9,12-13,18-19H,2,4-7,10H2,1H3. The molecule has 116 valence electrons. The van der Waals surface area contributed by atoms with Crippen molar-refractivity contribution in [1.29, 1.82) is 0 Å². The summed E-state index contributed by atoms with van der Waals surface area (Å²) in [5, 5.41) is 12.5. The van der Waals surface area contributed by atoms with Crippen LogP contribution in [0.1, 0.15) is 38.2 Å². The zero-order valence-corrected chi connectivity index (χ0v) is 12.3. The van der Waals surface area contributed by atoms with Crippen molar-refractivity contribution < 1.29 is 19.0 Å². The minimum Gasteiger partial charge on any atom is -0.505 e. The number of ether oxygens (including phenoxy) is 1. The molecule has 21 heavy (non-hydrogen) atoms. The predicted molar refractivity (Wildman–Crippen MR) is 77.3 cm³/mol. The first-order chi connectivity index (χ1) is 10.1. The molecule has 1 aliphatic rings. The molecule has 0 atom stereocenters. The Morgan fingerprint density at radius 2 is 2.10 bits per heavy atom. The molecule has 2 N–H and O–H groups in total. The van der Waals surface area contributed by atoms with E-state index in [1.165, 1.54) is 12.1 Å². The molecule has 0 aliphatic heterocycles. The highest BCUT2D eigenvalue weighted by molar-refractivity contribution is 5.72. The molecule has 1 aromatic carbocycles. The third-order valence-electron chi connectivity index (χ3n) is 3.95. The van der Waals surface area contributed by atoms with Gasteiger partial charge in [0.1, 0.15) is 0 Å². The fourth-order valence-corrected chi connectivity index (χ4v) is 2.72. The van der Waals surface area contributed by atoms with E-state index in [4.69, 9.17) is 9.84 Å². The number of hydrogen-bond donors (Lipinski definition) is 2. The molecule has 1 fully saturated rings. The molecule has 0 saturated heterocycles. The van der Waals surface area contributed by atoms with Crippen LogP contribution in [-0.4, -0.2) is 23.7 Å². The third-order valence-corrected chi connectivity index (χ3v) is 3.95. The van der Waals surface area contributed by atoms with Crippen LogP contribution < -0.4 is 5.32 Å². The molecule has 0 aromatic heterocycles. The van der Waals surface area contributed by atoms with E-state index >= 15 is 0 Å². The van der Waals surface area contributed by atoms with E-state index in [1.807, 2.05) is 6.92 Å². The van der Waals surface area contributed by atoms with Gasteiger partial charge in [0, 0.05) is 12.6 Å². The van der Waals surface area contributed by atoms with Crippen molar-refractivity contribution in [2.45, 2.75) is 45.2 Å². The Labute approximate surface area is 124 Å². The van der Waals surface area contributed by atoms with Crippen molar-refractivity contribution >= 4 is 5.97 Å². The van der Waals surface area contributed by atoms with Crippen molar-refractivity contribution in [1.82, 2.24) is 5.32 Å². The number of phenolic OH excluding ortho intramolecular Hbond substituents is 1. The normalized spacial score (nSPS) is 22.0. The van der Waals surface area contributed by atoms with Gasteiger partial charge in [-0.25, -0.2) is 4.39 Å². The third kappa shape index (κ3) is 4.43. The van der Waals surface area contributed by atoms with Gasteiger partial charge in [0.2, 0.25) is 0 Å². The Bertz CT molecular complexity index is 484. The first-order valence-electron chi connectivity index (χ1n) is 7.47. The molecule has 0 amide bonds. The first-order valence-corrected chi connectivity index (χ1v) is 7.47. The lowest BCUT2D eigenvalue weighted by atomic mass is 9.86. The van der Waals surface area contributed by atoms with Gasteiger partial charge in [-0.05, 0) is 50.3 Å². The average Bonchev–Trinajstić information content (AvgIpc) is 2.49. The zero-order chi connectivity index (χ0) is 15.2. The number of carbonyl (C=O) groups excluding carboxylic acids is 1. The molecular weight excluding hydrogens is 273 g/mol. The molecule has 0 bridgehead atoms. The van der Waals surface area contributed by atoms with E-state index in [1.54, 1.807) is 6.07 Å². The summed E-state index contributed by atoms with van der Waals surface area (Å²) in [5.41, 5.74) is 0.804. The van der Waals surface area contributed by atoms with E-state index in [0.29, 0.717) is 19.2 Å². The van der Waals surface area contributed by atoms with Crippen LogP contribution >= 0.6 is 0 Å². The second-order valence-electron chi connectivity index (χ2n) is 5.47. The van der Waals surface area contributed by atoms with Gasteiger partial charge in [-0.2, -0.15) is 0 Å². The number of nitrogens with one attached hydrogen (secondary N) is 1. The molecule has 1 saturated carbocycles. The summed E-state index contributed by atoms with van der Waals surface area (Å²) in [6, 6.07) is 4.75. The minimum absolute atomic E-state index is 0.0223. The Hall–Kier alpha value is -1.62. The number of rotatable bonds is 5. The number of hydrogen-bond acceptors (Lipinski definition) is 4. The fourth-order valence-electron chi connectivity index (χ4n) is 2.72. The molecule has 0 radical (unpaired) electrons. The lowest BCUT2D eigenvalue weighted by molar-refractivity contribution is -0.149. The van der Waals surface area contributed by atoms with Gasteiger partial charge in [0.25, 0.3) is 0 Å². The monoisotopic (exact) mass is 295 g/mol. The van der Waals surface area contributed by atoms with E-state index in [0.717, 1.165) is 31.2 Å². The van der Waals surface area contributed by atoms with Crippen molar-refractivity contribution in [2.24, 2.45) is 5.92 Å². The van der Waals surface area contributed by atoms with Gasteiger partial charge >= 0.3 is 5.97 Å². The second-order valence-corrected chi connectivity index (χ2v) is 5.47. The summed E-state index contributed by atoms with van der Waals surface area (Å²) < 4.78 is 18.3. The Morgan fingerprint density at radius 3 is 2.71 bits per heavy atom. The molecule has 1 aromatic rings. The van der Waals surface area contributed by atoms with E-state index in [9.17, 15) is 9.18 Å². The second kappa shape index (κ2) is 7.41. The summed E-state index contributed by atoms with van der Waals surface area (Å²) >= 11 is 0. The zero-order valence-electron chi connectivity index (χ0n) is 12.3. The van der Waals surface area contributed by atoms with Crippen molar-refractivity contribution in [3.05, 3.63) is 29.6 Å². The summed E-state index contributed by atoms with van der Waals surface area (Å²) in [6.45, 7) is 2.82. The Balaban J connectivity index is 1.76. The maximum Gasteiger partial charge on any atom is 0.308 e. The Kier molecular flexibility index (Phi) is 5.56. The highest BCUT2D eigenvalue weighted by Gasteiger charge is 2.26. The molecule has 0 heterocycles. The quantitative estimate of drug-likeness (QED) is 0.820. The first kappa shape index (κ1) is 15.8. The number of halogens is 1. The van der Waals surface area contributed by atoms with Crippen LogP contribution in [0.3, 0.4) is 0 Å². The number of carbonyl (C=O) groups is 1. The summed E-state index contributed by atoms with van der Waals surface area (Å²) in [4.78, 5) is 11.6. The average molecular weight is 295 g/mol. The fraction of sp³-hybridized carbons (Fsp3) is 0.562. The summed E-state index contributed by atoms with van der Waals surface area (Å²) in [5.74, 6) is -0.986. The SMILES string of the molecule is CCOC(=O)C1CCC(NCc2ccc(O)c(F)c2)CC1. The summed E-state index contributed by atoms with van der Waals surface area (Å²) in [6.07, 6.45) is 3.51. The van der Waals surface area contributed by atoms with Crippen LogP contribution in [-0.2, 0) is 16.1 Å². The maximum atomic E-state index is 13.2. The molecule has 4 nitrogen and oxygen atoms in total. The van der Waals surface area contributed by atoms with Crippen LogP contribution in [0.15, 0.2) is 18.2 Å². The minimum atomic E-state index is -0.597. The lowest BCUT2D eigenvalue weighted by Gasteiger charge is -2.28. The van der Waals surface area contributed by atoms with Crippen LogP contribution in [0.2, 0.25) is 0 Å². The number of esters is 1. The van der Waals surface area contributed by atoms with Gasteiger partial charge in [-0.1, -0.05) is 6.07 Å². The summed E-state index contributed by atoms with van der Waals surface area (Å²) in [7, 11) is 0. The van der Waals surface area contributed by atoms with Crippen molar-refractivity contribution in [3.63, 3.8) is 0 Å². The topological polar surface area (TPSA) is 58.6 Å². The molecule has 0 unspecified atom stereocenters. The predicted octanol–water partition coefficient (Wildman–Crippen LogP) is 2.74. The lowest BCUT2D eigenvalue weighted by Crippen LogP contribution is -2.35. The van der Waals surface area contributed by atoms with Crippen molar-refractivity contribution in [3.8, 4) is 5.75 Å². The Morgan fingerprint density at radius 1 is 1.38 bits per heavy atom. The maximum absolute atomic E-state index is 13.2.